The second kappa shape index (κ2) is 26.2. The van der Waals surface area contributed by atoms with E-state index in [2.05, 4.69) is 58.6 Å². The second-order valence-corrected chi connectivity index (χ2v) is 19.4. The molecule has 0 aromatic heterocycles. The van der Waals surface area contributed by atoms with Crippen LogP contribution in [0.4, 0.5) is 22.7 Å². The van der Waals surface area contributed by atoms with E-state index in [-0.39, 0.29) is 26.1 Å². The predicted molar refractivity (Wildman–Crippen MR) is 253 cm³/mol. The Morgan fingerprint density at radius 2 is 0.828 bits per heavy atom. The zero-order valence-corrected chi connectivity index (χ0v) is 40.1. The van der Waals surface area contributed by atoms with E-state index in [1.54, 1.807) is 41.5 Å². The van der Waals surface area contributed by atoms with Crippen molar-refractivity contribution in [3.8, 4) is 0 Å². The average molecular weight is 897 g/mol. The minimum Gasteiger partial charge on any atom is -0.462 e. The number of hydrogen-bond acceptors (Lipinski definition) is 12. The molecule has 4 aromatic rings. The van der Waals surface area contributed by atoms with Crippen molar-refractivity contribution in [1.29, 1.82) is 0 Å². The molecule has 0 aliphatic heterocycles. The molecule has 4 aromatic carbocycles. The Labute approximate surface area is 381 Å². The quantitative estimate of drug-likeness (QED) is 0.0344. The number of carbonyl (C=O) groups is 2. The molecule has 4 rings (SSSR count). The van der Waals surface area contributed by atoms with Crippen LogP contribution >= 0.6 is 7.82 Å². The van der Waals surface area contributed by atoms with Crippen molar-refractivity contribution in [2.75, 3.05) is 13.2 Å². The summed E-state index contributed by atoms with van der Waals surface area (Å²) in [5.74, 6) is -0.974. The van der Waals surface area contributed by atoms with Crippen LogP contribution < -0.4 is 0 Å². The highest BCUT2D eigenvalue weighted by Crippen LogP contribution is 2.55. The van der Waals surface area contributed by atoms with Gasteiger partial charge < -0.3 is 9.47 Å². The molecule has 0 unspecified atom stereocenters. The minimum atomic E-state index is -4.14. The second-order valence-electron chi connectivity index (χ2n) is 17.9. The molecule has 0 aliphatic rings. The fraction of sp³-hybridized carbons (Fsp3) is 0.490. The van der Waals surface area contributed by atoms with Crippen molar-refractivity contribution < 1.29 is 37.2 Å². The minimum absolute atomic E-state index is 0.0984. The summed E-state index contributed by atoms with van der Waals surface area (Å²) in [6.45, 7) is 14.1. The third kappa shape index (κ3) is 21.2. The zero-order valence-electron chi connectivity index (χ0n) is 39.2. The number of azo groups is 2. The molecule has 346 valence electrons. The summed E-state index contributed by atoms with van der Waals surface area (Å²) >= 11 is 0. The number of rotatable bonds is 26. The van der Waals surface area contributed by atoms with Crippen LogP contribution in [0.15, 0.2) is 118 Å². The first-order valence-electron chi connectivity index (χ1n) is 22.7. The Morgan fingerprint density at radius 3 is 1.16 bits per heavy atom. The Balaban J connectivity index is 1.27. The van der Waals surface area contributed by atoms with E-state index in [1.807, 2.05) is 72.8 Å². The smallest absolute Gasteiger partial charge is 0.462 e. The first-order chi connectivity index (χ1) is 30.5. The molecule has 13 heteroatoms. The fourth-order valence-corrected chi connectivity index (χ4v) is 8.15. The van der Waals surface area contributed by atoms with E-state index < -0.39 is 37.1 Å². The topological polar surface area (TPSA) is 147 Å². The highest BCUT2D eigenvalue weighted by molar-refractivity contribution is 7.48. The number of aryl methyl sites for hydroxylation is 4. The van der Waals surface area contributed by atoms with Crippen LogP contribution in [0.3, 0.4) is 0 Å². The van der Waals surface area contributed by atoms with Crippen LogP contribution in [0, 0.1) is 0 Å². The lowest BCUT2D eigenvalue weighted by atomic mass is 10.1. The Bertz CT molecular complexity index is 2090. The summed E-state index contributed by atoms with van der Waals surface area (Å²) in [4.78, 5) is 26.0. The molecule has 0 N–H and O–H groups in total. The summed E-state index contributed by atoms with van der Waals surface area (Å²) in [5.41, 5.74) is 5.99. The van der Waals surface area contributed by atoms with Crippen LogP contribution in [0.25, 0.3) is 0 Å². The number of phosphoric ester groups is 1. The summed E-state index contributed by atoms with van der Waals surface area (Å²) < 4.78 is 42.3. The number of benzene rings is 4. The van der Waals surface area contributed by atoms with Gasteiger partial charge in [-0.25, -0.2) is 4.57 Å². The van der Waals surface area contributed by atoms with Gasteiger partial charge in [0.05, 0.1) is 40.6 Å². The van der Waals surface area contributed by atoms with Gasteiger partial charge in [0, 0.05) is 12.8 Å². The molecule has 1 atom stereocenters. The molecule has 0 amide bonds. The van der Waals surface area contributed by atoms with Gasteiger partial charge in [-0.2, -0.15) is 20.5 Å². The number of ether oxygens (including phenoxy) is 2. The lowest BCUT2D eigenvalue weighted by Crippen LogP contribution is -2.31. The Kier molecular flexibility index (Phi) is 21.2. The van der Waals surface area contributed by atoms with Crippen molar-refractivity contribution in [1.82, 2.24) is 0 Å². The fourth-order valence-electron chi connectivity index (χ4n) is 6.32. The van der Waals surface area contributed by atoms with E-state index in [1.165, 1.54) is 17.5 Å². The predicted octanol–water partition coefficient (Wildman–Crippen LogP) is 14.8. The molecule has 0 spiro atoms. The van der Waals surface area contributed by atoms with Crippen LogP contribution in [-0.2, 0) is 62.9 Å². The van der Waals surface area contributed by atoms with Crippen LogP contribution in [0.5, 0.6) is 0 Å². The lowest BCUT2D eigenvalue weighted by molar-refractivity contribution is -0.161. The summed E-state index contributed by atoms with van der Waals surface area (Å²) in [5, 5.41) is 17.5. The SMILES string of the molecule is CCCCc1ccc(N=Nc2ccc(CCCC(=O)OC[C@H](COP(=O)(OC(C)(C)C)OC(C)(C)C)OC(=O)CCCc3ccc(N=Nc4ccc(CCCC)cc4)cc3)cc2)cc1. The summed E-state index contributed by atoms with van der Waals surface area (Å²) in [7, 11) is -4.14. The average Bonchev–Trinajstić information content (AvgIpc) is 3.24. The van der Waals surface area contributed by atoms with Gasteiger partial charge >= 0.3 is 19.8 Å². The summed E-state index contributed by atoms with van der Waals surface area (Å²) in [6.07, 6.45) is 8.27. The number of unbranched alkanes of at least 4 members (excludes halogenated alkanes) is 2. The van der Waals surface area contributed by atoms with E-state index in [9.17, 15) is 14.2 Å². The van der Waals surface area contributed by atoms with Gasteiger partial charge in [0.2, 0.25) is 0 Å². The van der Waals surface area contributed by atoms with Crippen molar-refractivity contribution >= 4 is 42.5 Å². The molecule has 12 nitrogen and oxygen atoms in total. The highest BCUT2D eigenvalue weighted by Gasteiger charge is 2.38. The maximum Gasteiger partial charge on any atom is 0.475 e. The lowest BCUT2D eigenvalue weighted by Gasteiger charge is -2.31. The van der Waals surface area contributed by atoms with Crippen LogP contribution in [0.2, 0.25) is 0 Å². The van der Waals surface area contributed by atoms with Crippen molar-refractivity contribution in [2.24, 2.45) is 20.5 Å². The maximum atomic E-state index is 13.8. The van der Waals surface area contributed by atoms with Gasteiger partial charge in [-0.1, -0.05) is 75.2 Å². The molecular weight excluding hydrogens is 828 g/mol. The molecular formula is C51H69N4O8P. The van der Waals surface area contributed by atoms with Crippen molar-refractivity contribution in [3.63, 3.8) is 0 Å². The normalized spacial score (nSPS) is 12.8. The first-order valence-corrected chi connectivity index (χ1v) is 24.2. The maximum absolute atomic E-state index is 13.8. The number of phosphoric acid groups is 1. The molecule has 0 saturated carbocycles. The van der Waals surface area contributed by atoms with Gasteiger partial charge in [-0.05, 0) is 164 Å². The van der Waals surface area contributed by atoms with Gasteiger partial charge in [-0.3, -0.25) is 23.2 Å². The number of carbonyl (C=O) groups excluding carboxylic acids is 2. The van der Waals surface area contributed by atoms with Gasteiger partial charge in [0.25, 0.3) is 0 Å². The van der Waals surface area contributed by atoms with E-state index in [0.717, 1.165) is 66.0 Å². The Hall–Kier alpha value is -4.87. The number of hydrogen-bond donors (Lipinski definition) is 0. The molecule has 0 aliphatic carbocycles. The van der Waals surface area contributed by atoms with E-state index >= 15 is 0 Å². The van der Waals surface area contributed by atoms with Crippen molar-refractivity contribution in [3.05, 3.63) is 119 Å². The van der Waals surface area contributed by atoms with E-state index in [4.69, 9.17) is 23.0 Å². The zero-order chi connectivity index (χ0) is 46.4. The van der Waals surface area contributed by atoms with E-state index in [0.29, 0.717) is 25.7 Å². The third-order valence-electron chi connectivity index (χ3n) is 9.56. The van der Waals surface area contributed by atoms with Gasteiger partial charge in [0.15, 0.2) is 6.10 Å². The van der Waals surface area contributed by atoms with Gasteiger partial charge in [-0.15, -0.1) is 0 Å². The molecule has 0 radical (unpaired) electrons. The molecule has 0 heterocycles. The first kappa shape index (κ1) is 51.8. The van der Waals surface area contributed by atoms with Crippen LogP contribution in [-0.4, -0.2) is 42.5 Å². The van der Waals surface area contributed by atoms with Crippen LogP contribution in [0.1, 0.15) is 129 Å². The third-order valence-corrected chi connectivity index (χ3v) is 11.6. The summed E-state index contributed by atoms with van der Waals surface area (Å²) in [6, 6.07) is 31.7. The van der Waals surface area contributed by atoms with Crippen molar-refractivity contribution in [2.45, 2.75) is 150 Å². The molecule has 0 fully saturated rings. The monoisotopic (exact) mass is 896 g/mol. The Morgan fingerprint density at radius 1 is 0.500 bits per heavy atom. The van der Waals surface area contributed by atoms with Gasteiger partial charge in [0.1, 0.15) is 6.61 Å². The standard InChI is InChI=1S/C51H69N4O8P/c1-9-11-15-39-21-29-43(30-22-39)52-54-45-33-25-41(26-34-45)17-13-19-48(56)59-37-47(38-60-64(58,62-50(3,4)5)63-51(6,7)8)61-49(57)20-14-18-42-27-35-46(36-28-42)55-53-44-31-23-40(24-32-44)16-12-10-2/h21-36,47H,9-20,37-38H2,1-8H3/t47-/m1/s1. The number of nitrogens with zero attached hydrogens (tertiary/aromatic N) is 4. The number of esters is 2. The molecule has 64 heavy (non-hydrogen) atoms. The molecule has 0 bridgehead atoms. The largest absolute Gasteiger partial charge is 0.475 e. The highest BCUT2D eigenvalue weighted by atomic mass is 31.2. The molecule has 0 saturated heterocycles.